The second-order valence-electron chi connectivity index (χ2n) is 2.12. The van der Waals surface area contributed by atoms with Crippen LogP contribution in [0.3, 0.4) is 0 Å². The Balaban J connectivity index is -0.000000270. The molecule has 0 heterocycles. The van der Waals surface area contributed by atoms with Crippen molar-refractivity contribution in [2.45, 2.75) is 18.6 Å². The van der Waals surface area contributed by atoms with Gasteiger partial charge < -0.3 is 24.8 Å². The summed E-state index contributed by atoms with van der Waals surface area (Å²) in [5.41, 5.74) is 1.36. The second kappa shape index (κ2) is 10.2. The summed E-state index contributed by atoms with van der Waals surface area (Å²) in [6, 6.07) is 0. The van der Waals surface area contributed by atoms with Gasteiger partial charge >= 0.3 is 21.7 Å². The molecule has 0 aromatic carbocycles. The van der Waals surface area contributed by atoms with Gasteiger partial charge in [0.2, 0.25) is 0 Å². The minimum atomic E-state index is 0. The van der Waals surface area contributed by atoms with Crippen LogP contribution in [0, 0.1) is 6.08 Å². The van der Waals surface area contributed by atoms with Crippen molar-refractivity contribution in [2.75, 3.05) is 6.26 Å². The second-order valence-corrected chi connectivity index (χ2v) is 3.30. The Morgan fingerprint density at radius 1 is 1.50 bits per heavy atom. The van der Waals surface area contributed by atoms with Crippen molar-refractivity contribution >= 4 is 11.8 Å². The molecule has 0 fully saturated rings. The van der Waals surface area contributed by atoms with E-state index in [1.807, 2.05) is 11.8 Å². The van der Waals surface area contributed by atoms with E-state index in [2.05, 4.69) is 31.4 Å². The van der Waals surface area contributed by atoms with E-state index in [-0.39, 0.29) is 46.5 Å². The molecule has 0 aromatic heterocycles. The van der Waals surface area contributed by atoms with Crippen LogP contribution in [0.25, 0.3) is 0 Å². The molecule has 12 heavy (non-hydrogen) atoms. The van der Waals surface area contributed by atoms with E-state index in [0.717, 1.165) is 6.42 Å². The fourth-order valence-corrected chi connectivity index (χ4v) is 1.24. The first-order valence-electron chi connectivity index (χ1n) is 3.14. The van der Waals surface area contributed by atoms with Gasteiger partial charge in [0.15, 0.2) is 0 Å². The zero-order chi connectivity index (χ0) is 6.69. The van der Waals surface area contributed by atoms with Crippen LogP contribution < -0.4 is 24.8 Å². The summed E-state index contributed by atoms with van der Waals surface area (Å²) >= 11 is 1.87. The normalized spacial score (nSPS) is 15.0. The van der Waals surface area contributed by atoms with E-state index in [4.69, 9.17) is 0 Å². The van der Waals surface area contributed by atoms with Gasteiger partial charge in [0.05, 0.1) is 0 Å². The molecule has 4 heteroatoms. The average molecular weight is 258 g/mol. The molecule has 0 amide bonds. The van der Waals surface area contributed by atoms with Crippen LogP contribution in [-0.4, -0.2) is 11.5 Å². The number of thioether (sulfide) groups is 1. The summed E-state index contributed by atoms with van der Waals surface area (Å²) in [4.78, 5) is 0. The predicted octanol–water partition coefficient (Wildman–Crippen LogP) is -3.57. The summed E-state index contributed by atoms with van der Waals surface area (Å²) in [5, 5.41) is 0.628. The van der Waals surface area contributed by atoms with E-state index in [9.17, 15) is 0 Å². The molecule has 0 N–H and O–H groups in total. The van der Waals surface area contributed by atoms with Crippen molar-refractivity contribution in [3.05, 3.63) is 23.8 Å². The van der Waals surface area contributed by atoms with Crippen LogP contribution in [0.2, 0.25) is 0 Å². The van der Waals surface area contributed by atoms with Gasteiger partial charge in [-0.3, -0.25) is 6.08 Å². The quantitative estimate of drug-likeness (QED) is 0.365. The van der Waals surface area contributed by atoms with Gasteiger partial charge in [-0.2, -0.15) is 17.8 Å². The van der Waals surface area contributed by atoms with Gasteiger partial charge in [-0.05, 0) is 11.5 Å². The molecule has 1 unspecified atom stereocenters. The third-order valence-electron chi connectivity index (χ3n) is 1.51. The molecule has 0 nitrogen and oxygen atoms in total. The van der Waals surface area contributed by atoms with Crippen molar-refractivity contribution in [1.82, 2.24) is 0 Å². The SMILES string of the molecule is CSC(C)C1=[C-]CC=C1.[Cl-].[Cl-].[Ti+3]. The molecule has 1 radical (unpaired) electrons. The minimum Gasteiger partial charge on any atom is -1.00 e. The van der Waals surface area contributed by atoms with Gasteiger partial charge in [0, 0.05) is 0 Å². The molecule has 1 aliphatic carbocycles. The molecule has 1 aliphatic rings. The summed E-state index contributed by atoms with van der Waals surface area (Å²) in [7, 11) is 0. The summed E-state index contributed by atoms with van der Waals surface area (Å²) in [5.74, 6) is 0. The van der Waals surface area contributed by atoms with Gasteiger partial charge in [-0.15, -0.1) is 6.42 Å². The van der Waals surface area contributed by atoms with Crippen molar-refractivity contribution in [3.8, 4) is 0 Å². The molecule has 0 saturated heterocycles. The Kier molecular flexibility index (Phi) is 16.0. The van der Waals surface area contributed by atoms with Crippen molar-refractivity contribution in [1.29, 1.82) is 0 Å². The molecule has 67 valence electrons. The zero-order valence-electron chi connectivity index (χ0n) is 7.10. The van der Waals surface area contributed by atoms with Gasteiger partial charge in [0.25, 0.3) is 0 Å². The Bertz CT molecular complexity index is 157. The molecule has 0 aromatic rings. The Morgan fingerprint density at radius 3 is 2.42 bits per heavy atom. The summed E-state index contributed by atoms with van der Waals surface area (Å²) in [6.45, 7) is 2.21. The summed E-state index contributed by atoms with van der Waals surface area (Å²) in [6.07, 6.45) is 10.8. The summed E-state index contributed by atoms with van der Waals surface area (Å²) < 4.78 is 0. The molecule has 1 atom stereocenters. The smallest absolute Gasteiger partial charge is 1.00 e. The predicted molar refractivity (Wildman–Crippen MR) is 43.5 cm³/mol. The maximum atomic E-state index is 3.29. The van der Waals surface area contributed by atoms with E-state index < -0.39 is 0 Å². The van der Waals surface area contributed by atoms with Crippen LogP contribution in [-0.2, 0) is 21.7 Å². The zero-order valence-corrected chi connectivity index (χ0v) is 11.0. The van der Waals surface area contributed by atoms with Crippen LogP contribution in [0.15, 0.2) is 17.7 Å². The molecule has 0 saturated carbocycles. The van der Waals surface area contributed by atoms with E-state index in [1.54, 1.807) is 0 Å². The number of rotatable bonds is 2. The third kappa shape index (κ3) is 5.72. The Hall–Kier alpha value is 1.12. The molecular formula is C8H11Cl2STi. The molecular weight excluding hydrogens is 247 g/mol. The number of hydrogen-bond acceptors (Lipinski definition) is 1. The van der Waals surface area contributed by atoms with Crippen molar-refractivity contribution < 1.29 is 46.5 Å². The molecule has 0 spiro atoms. The van der Waals surface area contributed by atoms with Crippen molar-refractivity contribution in [2.24, 2.45) is 0 Å². The molecule has 0 aliphatic heterocycles. The van der Waals surface area contributed by atoms with Gasteiger partial charge in [-0.25, -0.2) is 11.6 Å². The fourth-order valence-electron chi connectivity index (χ4n) is 0.828. The first-order chi connectivity index (χ1) is 4.34. The first kappa shape index (κ1) is 18.8. The maximum Gasteiger partial charge on any atom is 3.00 e. The van der Waals surface area contributed by atoms with Gasteiger partial charge in [-0.1, -0.05) is 6.92 Å². The van der Waals surface area contributed by atoms with Crippen LogP contribution >= 0.6 is 11.8 Å². The number of hydrogen-bond donors (Lipinski definition) is 0. The van der Waals surface area contributed by atoms with Crippen LogP contribution in [0.1, 0.15) is 13.3 Å². The monoisotopic (exact) mass is 257 g/mol. The van der Waals surface area contributed by atoms with Gasteiger partial charge in [0.1, 0.15) is 0 Å². The third-order valence-corrected chi connectivity index (χ3v) is 2.47. The van der Waals surface area contributed by atoms with E-state index >= 15 is 0 Å². The minimum absolute atomic E-state index is 0. The van der Waals surface area contributed by atoms with E-state index in [1.165, 1.54) is 5.57 Å². The van der Waals surface area contributed by atoms with Crippen LogP contribution in [0.5, 0.6) is 0 Å². The standard InChI is InChI=1S/C8H11S.2ClH.Ti/c1-7(9-2)8-5-3-4-6-8;;;/h3,5,7H,4H2,1-2H3;2*1H;/q-1;;;+3/p-2. The topological polar surface area (TPSA) is 0 Å². The van der Waals surface area contributed by atoms with Crippen molar-refractivity contribution in [3.63, 3.8) is 0 Å². The fraction of sp³-hybridized carbons (Fsp3) is 0.500. The maximum absolute atomic E-state index is 3.29. The Labute approximate surface area is 106 Å². The van der Waals surface area contributed by atoms with Crippen LogP contribution in [0.4, 0.5) is 0 Å². The van der Waals surface area contributed by atoms with E-state index in [0.29, 0.717) is 5.25 Å². The molecule has 0 bridgehead atoms. The Morgan fingerprint density at radius 2 is 2.08 bits per heavy atom. The first-order valence-corrected chi connectivity index (χ1v) is 4.43. The number of allylic oxidation sites excluding steroid dienone is 3. The largest absolute Gasteiger partial charge is 3.00 e. The average Bonchev–Trinajstić information content (AvgIpc) is 2.37. The number of halogens is 2. The molecule has 1 rings (SSSR count).